The molecule has 1 atom stereocenters. The van der Waals surface area contributed by atoms with Gasteiger partial charge in [0, 0.05) is 43.7 Å². The molecule has 168 valence electrons. The van der Waals surface area contributed by atoms with Gasteiger partial charge in [-0.05, 0) is 38.0 Å². The van der Waals surface area contributed by atoms with Gasteiger partial charge in [-0.15, -0.1) is 24.0 Å². The van der Waals surface area contributed by atoms with Crippen LogP contribution in [0.4, 0.5) is 4.39 Å². The number of benzene rings is 1. The summed E-state index contributed by atoms with van der Waals surface area (Å²) < 4.78 is 13.6. The molecule has 1 heterocycles. The number of hydrogen-bond donors (Lipinski definition) is 3. The topological polar surface area (TPSA) is 85.8 Å². The SMILES string of the molecule is CCNC(=NCCNC(=O)c1ccc(C)c(F)c1)NC1CCN(C(=O)C(C)C)C1.I. The summed E-state index contributed by atoms with van der Waals surface area (Å²) >= 11 is 0. The fourth-order valence-electron chi connectivity index (χ4n) is 3.13. The average molecular weight is 533 g/mol. The molecule has 0 radical (unpaired) electrons. The highest BCUT2D eigenvalue weighted by atomic mass is 127. The number of likely N-dealkylation sites (tertiary alicyclic amines) is 1. The van der Waals surface area contributed by atoms with Crippen LogP contribution in [0.3, 0.4) is 0 Å². The summed E-state index contributed by atoms with van der Waals surface area (Å²) in [6.07, 6.45) is 0.874. The molecular weight excluding hydrogens is 500 g/mol. The number of amides is 2. The third-order valence-electron chi connectivity index (χ3n) is 4.78. The van der Waals surface area contributed by atoms with E-state index in [0.717, 1.165) is 13.0 Å². The van der Waals surface area contributed by atoms with Gasteiger partial charge in [0.15, 0.2) is 5.96 Å². The first-order valence-electron chi connectivity index (χ1n) is 10.2. The molecule has 0 spiro atoms. The second-order valence-electron chi connectivity index (χ2n) is 7.55. The van der Waals surface area contributed by atoms with Crippen LogP contribution in [-0.2, 0) is 4.79 Å². The molecule has 30 heavy (non-hydrogen) atoms. The molecule has 0 aromatic heterocycles. The number of rotatable bonds is 7. The summed E-state index contributed by atoms with van der Waals surface area (Å²) in [6, 6.07) is 4.59. The largest absolute Gasteiger partial charge is 0.357 e. The van der Waals surface area contributed by atoms with E-state index < -0.39 is 5.82 Å². The Morgan fingerprint density at radius 2 is 2.03 bits per heavy atom. The van der Waals surface area contributed by atoms with Gasteiger partial charge in [-0.25, -0.2) is 4.39 Å². The van der Waals surface area contributed by atoms with Crippen molar-refractivity contribution < 1.29 is 14.0 Å². The van der Waals surface area contributed by atoms with Crippen LogP contribution >= 0.6 is 24.0 Å². The normalized spacial score (nSPS) is 16.3. The predicted molar refractivity (Wildman–Crippen MR) is 128 cm³/mol. The minimum Gasteiger partial charge on any atom is -0.357 e. The monoisotopic (exact) mass is 533 g/mol. The average Bonchev–Trinajstić information content (AvgIpc) is 3.14. The summed E-state index contributed by atoms with van der Waals surface area (Å²) in [6.45, 7) is 10.3. The lowest BCUT2D eigenvalue weighted by Gasteiger charge is -2.20. The van der Waals surface area contributed by atoms with Crippen LogP contribution in [0.25, 0.3) is 0 Å². The van der Waals surface area contributed by atoms with Gasteiger partial charge in [0.1, 0.15) is 5.82 Å². The minimum absolute atomic E-state index is 0. The first-order valence-corrected chi connectivity index (χ1v) is 10.2. The molecule has 1 aliphatic rings. The molecule has 1 aromatic rings. The van der Waals surface area contributed by atoms with E-state index in [1.807, 2.05) is 25.7 Å². The van der Waals surface area contributed by atoms with Crippen LogP contribution in [0, 0.1) is 18.7 Å². The Hall–Kier alpha value is -1.91. The first kappa shape index (κ1) is 26.1. The quantitative estimate of drug-likeness (QED) is 0.217. The smallest absolute Gasteiger partial charge is 0.251 e. The Morgan fingerprint density at radius 1 is 1.30 bits per heavy atom. The fourth-order valence-corrected chi connectivity index (χ4v) is 3.13. The number of aliphatic imine (C=N–C) groups is 1. The van der Waals surface area contributed by atoms with Crippen molar-refractivity contribution >= 4 is 41.8 Å². The standard InChI is InChI=1S/C21H32FN5O2.HI/c1-5-23-21(26-17-8-11-27(13-17)20(29)14(2)3)25-10-9-24-19(28)16-7-6-15(4)18(22)12-16;/h6-7,12,14,17H,5,8-11,13H2,1-4H3,(H,24,28)(H2,23,25,26);1H. The number of guanidine groups is 1. The lowest BCUT2D eigenvalue weighted by Crippen LogP contribution is -2.45. The van der Waals surface area contributed by atoms with E-state index in [2.05, 4.69) is 20.9 Å². The summed E-state index contributed by atoms with van der Waals surface area (Å²) in [4.78, 5) is 30.6. The molecule has 7 nitrogen and oxygen atoms in total. The van der Waals surface area contributed by atoms with Gasteiger partial charge >= 0.3 is 0 Å². The number of carbonyl (C=O) groups excluding carboxylic acids is 2. The number of halogens is 2. The summed E-state index contributed by atoms with van der Waals surface area (Å²) in [5, 5.41) is 9.29. The second kappa shape index (κ2) is 12.7. The zero-order valence-electron chi connectivity index (χ0n) is 18.1. The van der Waals surface area contributed by atoms with Crippen LogP contribution in [0.2, 0.25) is 0 Å². The van der Waals surface area contributed by atoms with Crippen molar-refractivity contribution in [2.24, 2.45) is 10.9 Å². The van der Waals surface area contributed by atoms with Crippen molar-refractivity contribution in [1.29, 1.82) is 0 Å². The van der Waals surface area contributed by atoms with Gasteiger partial charge in [-0.1, -0.05) is 19.9 Å². The van der Waals surface area contributed by atoms with Crippen molar-refractivity contribution in [2.75, 3.05) is 32.7 Å². The van der Waals surface area contributed by atoms with Gasteiger partial charge in [-0.2, -0.15) is 0 Å². The number of hydrogen-bond acceptors (Lipinski definition) is 3. The van der Waals surface area contributed by atoms with Gasteiger partial charge in [0.2, 0.25) is 5.91 Å². The number of carbonyl (C=O) groups is 2. The van der Waals surface area contributed by atoms with E-state index in [9.17, 15) is 14.0 Å². The van der Waals surface area contributed by atoms with Crippen molar-refractivity contribution in [3.63, 3.8) is 0 Å². The zero-order chi connectivity index (χ0) is 21.4. The Labute approximate surface area is 195 Å². The molecule has 2 rings (SSSR count). The van der Waals surface area contributed by atoms with Crippen LogP contribution in [0.15, 0.2) is 23.2 Å². The minimum atomic E-state index is -0.393. The summed E-state index contributed by atoms with van der Waals surface area (Å²) in [5.74, 6) is 0.117. The van der Waals surface area contributed by atoms with Crippen LogP contribution in [0.5, 0.6) is 0 Å². The van der Waals surface area contributed by atoms with E-state index in [0.29, 0.717) is 43.3 Å². The van der Waals surface area contributed by atoms with Crippen LogP contribution in [-0.4, -0.2) is 61.4 Å². The summed E-state index contributed by atoms with van der Waals surface area (Å²) in [7, 11) is 0. The molecule has 1 unspecified atom stereocenters. The lowest BCUT2D eigenvalue weighted by molar-refractivity contribution is -0.133. The molecule has 1 saturated heterocycles. The van der Waals surface area contributed by atoms with Gasteiger partial charge in [0.25, 0.3) is 5.91 Å². The van der Waals surface area contributed by atoms with Crippen molar-refractivity contribution in [1.82, 2.24) is 20.9 Å². The number of aryl methyl sites for hydroxylation is 1. The highest BCUT2D eigenvalue weighted by Gasteiger charge is 2.27. The molecule has 1 aliphatic heterocycles. The number of nitrogens with zero attached hydrogens (tertiary/aromatic N) is 2. The Balaban J connectivity index is 0.00000450. The van der Waals surface area contributed by atoms with Gasteiger partial charge < -0.3 is 20.9 Å². The molecule has 2 amide bonds. The Kier molecular flexibility index (Phi) is 11.1. The van der Waals surface area contributed by atoms with E-state index in [1.165, 1.54) is 6.07 Å². The van der Waals surface area contributed by atoms with Crippen molar-refractivity contribution in [3.8, 4) is 0 Å². The third-order valence-corrected chi connectivity index (χ3v) is 4.78. The van der Waals surface area contributed by atoms with Gasteiger partial charge in [0.05, 0.1) is 6.54 Å². The highest BCUT2D eigenvalue weighted by molar-refractivity contribution is 14.0. The number of nitrogens with one attached hydrogen (secondary N) is 3. The predicted octanol–water partition coefficient (Wildman–Crippen LogP) is 2.29. The Bertz CT molecular complexity index is 757. The fraction of sp³-hybridized carbons (Fsp3) is 0.571. The second-order valence-corrected chi connectivity index (χ2v) is 7.55. The maximum Gasteiger partial charge on any atom is 0.251 e. The molecule has 0 aliphatic carbocycles. The molecule has 1 aromatic carbocycles. The third kappa shape index (κ3) is 7.73. The molecule has 0 bridgehead atoms. The molecule has 3 N–H and O–H groups in total. The molecule has 0 saturated carbocycles. The zero-order valence-corrected chi connectivity index (χ0v) is 20.5. The lowest BCUT2D eigenvalue weighted by atomic mass is 10.1. The van der Waals surface area contributed by atoms with Crippen molar-refractivity contribution in [3.05, 3.63) is 35.1 Å². The van der Waals surface area contributed by atoms with E-state index >= 15 is 0 Å². The molecular formula is C21H33FIN5O2. The van der Waals surface area contributed by atoms with E-state index in [1.54, 1.807) is 19.1 Å². The molecule has 9 heteroatoms. The van der Waals surface area contributed by atoms with Crippen LogP contribution in [0.1, 0.15) is 43.1 Å². The Morgan fingerprint density at radius 3 is 2.67 bits per heavy atom. The van der Waals surface area contributed by atoms with E-state index in [-0.39, 0.29) is 47.8 Å². The highest BCUT2D eigenvalue weighted by Crippen LogP contribution is 2.12. The van der Waals surface area contributed by atoms with Crippen molar-refractivity contribution in [2.45, 2.75) is 40.2 Å². The van der Waals surface area contributed by atoms with Crippen LogP contribution < -0.4 is 16.0 Å². The summed E-state index contributed by atoms with van der Waals surface area (Å²) in [5.41, 5.74) is 0.802. The van der Waals surface area contributed by atoms with Gasteiger partial charge in [-0.3, -0.25) is 14.6 Å². The maximum absolute atomic E-state index is 13.6. The van der Waals surface area contributed by atoms with E-state index in [4.69, 9.17) is 0 Å². The maximum atomic E-state index is 13.6. The first-order chi connectivity index (χ1) is 13.8. The molecule has 1 fully saturated rings.